The molecule has 0 unspecified atom stereocenters. The van der Waals surface area contributed by atoms with Crippen molar-refractivity contribution in [1.29, 1.82) is 0 Å². The molecule has 0 atom stereocenters. The summed E-state index contributed by atoms with van der Waals surface area (Å²) in [6.07, 6.45) is 2.46. The van der Waals surface area contributed by atoms with Gasteiger partial charge in [0.1, 0.15) is 0 Å². The second-order valence-corrected chi connectivity index (χ2v) is 4.85. The van der Waals surface area contributed by atoms with Gasteiger partial charge in [-0.05, 0) is 50.2 Å². The van der Waals surface area contributed by atoms with Crippen molar-refractivity contribution in [2.45, 2.75) is 12.8 Å². The molecule has 3 nitrogen and oxygen atoms in total. The zero-order chi connectivity index (χ0) is 12.1. The normalized spacial score (nSPS) is 17.4. The molecular weight excluding hydrogens is 210 g/mol. The smallest absolute Gasteiger partial charge is 0.0367 e. The third kappa shape index (κ3) is 3.37. The van der Waals surface area contributed by atoms with Gasteiger partial charge in [-0.2, -0.15) is 0 Å². The Balaban J connectivity index is 2.04. The van der Waals surface area contributed by atoms with Crippen LogP contribution in [0.5, 0.6) is 0 Å². The van der Waals surface area contributed by atoms with Crippen LogP contribution >= 0.6 is 0 Å². The Hall–Kier alpha value is -1.22. The first-order valence-electron chi connectivity index (χ1n) is 6.50. The molecule has 1 aromatic carbocycles. The fourth-order valence-electron chi connectivity index (χ4n) is 2.25. The first-order valence-corrected chi connectivity index (χ1v) is 6.50. The highest BCUT2D eigenvalue weighted by atomic mass is 15.1. The predicted molar refractivity (Wildman–Crippen MR) is 75.1 cm³/mol. The van der Waals surface area contributed by atoms with Crippen molar-refractivity contribution in [2.24, 2.45) is 0 Å². The molecule has 1 aliphatic rings. The first-order chi connectivity index (χ1) is 8.27. The van der Waals surface area contributed by atoms with Gasteiger partial charge in [-0.25, -0.2) is 0 Å². The van der Waals surface area contributed by atoms with Gasteiger partial charge in [0.05, 0.1) is 0 Å². The fraction of sp³-hybridized carbons (Fsp3) is 0.571. The largest absolute Gasteiger partial charge is 0.378 e. The summed E-state index contributed by atoms with van der Waals surface area (Å²) < 4.78 is 0. The monoisotopic (exact) mass is 233 g/mol. The Morgan fingerprint density at radius 3 is 2.12 bits per heavy atom. The van der Waals surface area contributed by atoms with E-state index in [9.17, 15) is 0 Å². The van der Waals surface area contributed by atoms with Gasteiger partial charge >= 0.3 is 0 Å². The molecule has 0 aromatic heterocycles. The van der Waals surface area contributed by atoms with Crippen LogP contribution in [0.1, 0.15) is 12.8 Å². The van der Waals surface area contributed by atoms with Crippen LogP contribution in [0.2, 0.25) is 0 Å². The van der Waals surface area contributed by atoms with Gasteiger partial charge in [0.2, 0.25) is 0 Å². The summed E-state index contributed by atoms with van der Waals surface area (Å²) >= 11 is 0. The lowest BCUT2D eigenvalue weighted by Gasteiger charge is -2.27. The number of hydrogen-bond acceptors (Lipinski definition) is 3. The second-order valence-electron chi connectivity index (χ2n) is 4.85. The number of anilines is 2. The van der Waals surface area contributed by atoms with Crippen molar-refractivity contribution in [3.63, 3.8) is 0 Å². The van der Waals surface area contributed by atoms with Gasteiger partial charge in [0, 0.05) is 38.6 Å². The fourth-order valence-corrected chi connectivity index (χ4v) is 2.25. The summed E-state index contributed by atoms with van der Waals surface area (Å²) in [6, 6.07) is 8.88. The second kappa shape index (κ2) is 5.92. The van der Waals surface area contributed by atoms with Crippen molar-refractivity contribution in [2.75, 3.05) is 50.1 Å². The van der Waals surface area contributed by atoms with Crippen LogP contribution in [0.15, 0.2) is 24.3 Å². The third-order valence-electron chi connectivity index (χ3n) is 3.29. The highest BCUT2D eigenvalue weighted by molar-refractivity contribution is 5.55. The van der Waals surface area contributed by atoms with Crippen LogP contribution < -0.4 is 15.1 Å². The average Bonchev–Trinajstić information content (AvgIpc) is 2.29. The lowest BCUT2D eigenvalue weighted by atomic mass is 10.2. The Morgan fingerprint density at radius 1 is 1.00 bits per heavy atom. The van der Waals surface area contributed by atoms with Crippen LogP contribution in [-0.4, -0.2) is 40.3 Å². The van der Waals surface area contributed by atoms with E-state index in [4.69, 9.17) is 0 Å². The minimum absolute atomic E-state index is 1.15. The first kappa shape index (κ1) is 12.2. The number of nitrogens with zero attached hydrogens (tertiary/aromatic N) is 2. The molecule has 0 radical (unpaired) electrons. The molecule has 0 spiro atoms. The third-order valence-corrected chi connectivity index (χ3v) is 3.29. The summed E-state index contributed by atoms with van der Waals surface area (Å²) in [4.78, 5) is 4.64. The molecule has 3 heteroatoms. The van der Waals surface area contributed by atoms with Crippen molar-refractivity contribution >= 4 is 11.4 Å². The topological polar surface area (TPSA) is 18.5 Å². The Morgan fingerprint density at radius 2 is 1.59 bits per heavy atom. The van der Waals surface area contributed by atoms with Crippen molar-refractivity contribution < 1.29 is 0 Å². The molecule has 17 heavy (non-hydrogen) atoms. The zero-order valence-electron chi connectivity index (χ0n) is 10.9. The number of hydrogen-bond donors (Lipinski definition) is 1. The van der Waals surface area contributed by atoms with Gasteiger partial charge in [-0.3, -0.25) is 0 Å². The predicted octanol–water partition coefficient (Wildman–Crippen LogP) is 1.94. The zero-order valence-corrected chi connectivity index (χ0v) is 10.9. The van der Waals surface area contributed by atoms with E-state index < -0.39 is 0 Å². The van der Waals surface area contributed by atoms with E-state index in [0.717, 1.165) is 26.2 Å². The highest BCUT2D eigenvalue weighted by Crippen LogP contribution is 2.20. The minimum atomic E-state index is 1.15. The molecule has 1 aromatic rings. The van der Waals surface area contributed by atoms with Crippen molar-refractivity contribution in [3.05, 3.63) is 24.3 Å². The van der Waals surface area contributed by atoms with E-state index in [-0.39, 0.29) is 0 Å². The quantitative estimate of drug-likeness (QED) is 0.842. The number of rotatable bonds is 2. The molecule has 2 rings (SSSR count). The molecule has 1 aliphatic heterocycles. The SMILES string of the molecule is CN(C)c1ccc(N2CCCNCCC2)cc1. The van der Waals surface area contributed by atoms with Gasteiger partial charge in [-0.1, -0.05) is 0 Å². The summed E-state index contributed by atoms with van der Waals surface area (Å²) in [7, 11) is 4.16. The average molecular weight is 233 g/mol. The van der Waals surface area contributed by atoms with Crippen LogP contribution in [0.25, 0.3) is 0 Å². The molecule has 0 saturated carbocycles. The van der Waals surface area contributed by atoms with Crippen LogP contribution in [-0.2, 0) is 0 Å². The summed E-state index contributed by atoms with van der Waals surface area (Å²) in [5, 5.41) is 3.45. The van der Waals surface area contributed by atoms with Crippen LogP contribution in [0.4, 0.5) is 11.4 Å². The number of nitrogens with one attached hydrogen (secondary N) is 1. The molecule has 0 amide bonds. The van der Waals surface area contributed by atoms with E-state index in [0.29, 0.717) is 0 Å². The molecule has 1 saturated heterocycles. The highest BCUT2D eigenvalue weighted by Gasteiger charge is 2.08. The van der Waals surface area contributed by atoms with Crippen LogP contribution in [0, 0.1) is 0 Å². The van der Waals surface area contributed by atoms with E-state index >= 15 is 0 Å². The van der Waals surface area contributed by atoms with Crippen LogP contribution in [0.3, 0.4) is 0 Å². The molecule has 1 N–H and O–H groups in total. The van der Waals surface area contributed by atoms with Crippen molar-refractivity contribution in [1.82, 2.24) is 5.32 Å². The lowest BCUT2D eigenvalue weighted by molar-refractivity contribution is 0.567. The molecule has 1 heterocycles. The maximum Gasteiger partial charge on any atom is 0.0367 e. The van der Waals surface area contributed by atoms with Crippen molar-refractivity contribution in [3.8, 4) is 0 Å². The minimum Gasteiger partial charge on any atom is -0.378 e. The van der Waals surface area contributed by atoms with E-state index in [1.165, 1.54) is 24.2 Å². The molecule has 0 bridgehead atoms. The summed E-state index contributed by atoms with van der Waals surface area (Å²) in [6.45, 7) is 4.61. The maximum absolute atomic E-state index is 3.45. The summed E-state index contributed by atoms with van der Waals surface area (Å²) in [5.41, 5.74) is 2.62. The summed E-state index contributed by atoms with van der Waals surface area (Å²) in [5.74, 6) is 0. The van der Waals surface area contributed by atoms with E-state index in [1.807, 2.05) is 0 Å². The Bertz CT molecular complexity index is 324. The van der Waals surface area contributed by atoms with Gasteiger partial charge in [-0.15, -0.1) is 0 Å². The van der Waals surface area contributed by atoms with E-state index in [2.05, 4.69) is 53.5 Å². The molecule has 0 aliphatic carbocycles. The molecule has 1 fully saturated rings. The molecule has 94 valence electrons. The molecular formula is C14H23N3. The van der Waals surface area contributed by atoms with Gasteiger partial charge < -0.3 is 15.1 Å². The standard InChI is InChI=1S/C14H23N3/c1-16(2)13-5-7-14(8-6-13)17-11-3-9-15-10-4-12-17/h5-8,15H,3-4,9-12H2,1-2H3. The van der Waals surface area contributed by atoms with Gasteiger partial charge in [0.25, 0.3) is 0 Å². The Kier molecular flexibility index (Phi) is 4.26. The number of benzene rings is 1. The van der Waals surface area contributed by atoms with Gasteiger partial charge in [0.15, 0.2) is 0 Å². The van der Waals surface area contributed by atoms with E-state index in [1.54, 1.807) is 0 Å². The maximum atomic E-state index is 3.45. The Labute approximate surface area is 104 Å². The lowest BCUT2D eigenvalue weighted by Crippen LogP contribution is -2.33.